The molecule has 1 aliphatic rings. The van der Waals surface area contributed by atoms with Crippen molar-refractivity contribution in [2.75, 3.05) is 11.5 Å². The summed E-state index contributed by atoms with van der Waals surface area (Å²) in [7, 11) is -1.16. The molecule has 3 rings (SSSR count). The standard InChI is InChI=1S/C16H16BrNO2S/c1-10-2-4-15-11(6-10)7-13(20-15)9-21(19)16-5-3-12(17)8-14(16)18/h2-6,8,13H,7,9,18H2,1H3. The van der Waals surface area contributed by atoms with Gasteiger partial charge in [0.1, 0.15) is 11.9 Å². The molecule has 2 N–H and O–H groups in total. The topological polar surface area (TPSA) is 52.3 Å². The Hall–Kier alpha value is -1.33. The summed E-state index contributed by atoms with van der Waals surface area (Å²) >= 11 is 3.36. The third-order valence-electron chi connectivity index (χ3n) is 3.51. The summed E-state index contributed by atoms with van der Waals surface area (Å²) in [6.07, 6.45) is 0.754. The van der Waals surface area contributed by atoms with Crippen LogP contribution in [0.3, 0.4) is 0 Å². The molecule has 0 aliphatic carbocycles. The number of aryl methyl sites for hydroxylation is 1. The molecular formula is C16H16BrNO2S. The highest BCUT2D eigenvalue weighted by atomic mass is 79.9. The molecule has 0 spiro atoms. The lowest BCUT2D eigenvalue weighted by Gasteiger charge is -2.11. The second kappa shape index (κ2) is 5.81. The Morgan fingerprint density at radius 3 is 2.90 bits per heavy atom. The van der Waals surface area contributed by atoms with Crippen molar-refractivity contribution in [3.63, 3.8) is 0 Å². The lowest BCUT2D eigenvalue weighted by molar-refractivity contribution is 0.258. The van der Waals surface area contributed by atoms with Gasteiger partial charge in [0.2, 0.25) is 0 Å². The number of rotatable bonds is 3. The van der Waals surface area contributed by atoms with Crippen LogP contribution >= 0.6 is 15.9 Å². The van der Waals surface area contributed by atoms with E-state index in [0.717, 1.165) is 16.6 Å². The second-order valence-corrected chi connectivity index (χ2v) is 7.63. The average molecular weight is 366 g/mol. The lowest BCUT2D eigenvalue weighted by Crippen LogP contribution is -2.22. The molecule has 3 nitrogen and oxygen atoms in total. The normalized spacial score (nSPS) is 18.1. The molecule has 5 heteroatoms. The summed E-state index contributed by atoms with van der Waals surface area (Å²) in [5.74, 6) is 1.37. The van der Waals surface area contributed by atoms with E-state index in [1.165, 1.54) is 11.1 Å². The summed E-state index contributed by atoms with van der Waals surface area (Å²) in [6.45, 7) is 2.06. The van der Waals surface area contributed by atoms with Gasteiger partial charge in [0, 0.05) is 16.6 Å². The van der Waals surface area contributed by atoms with Crippen molar-refractivity contribution in [1.29, 1.82) is 0 Å². The summed E-state index contributed by atoms with van der Waals surface area (Å²) < 4.78 is 19.3. The number of anilines is 1. The monoisotopic (exact) mass is 365 g/mol. The fourth-order valence-electron chi connectivity index (χ4n) is 2.53. The number of hydrogen-bond donors (Lipinski definition) is 1. The van der Waals surface area contributed by atoms with Crippen LogP contribution in [0.1, 0.15) is 11.1 Å². The van der Waals surface area contributed by atoms with Crippen molar-refractivity contribution < 1.29 is 8.95 Å². The third kappa shape index (κ3) is 3.14. The Balaban J connectivity index is 1.72. The van der Waals surface area contributed by atoms with Crippen LogP contribution in [-0.4, -0.2) is 16.1 Å². The maximum absolute atomic E-state index is 12.5. The summed E-state index contributed by atoms with van der Waals surface area (Å²) in [5.41, 5.74) is 8.90. The first-order chi connectivity index (χ1) is 10.0. The zero-order chi connectivity index (χ0) is 15.0. The number of ether oxygens (including phenoxy) is 1. The van der Waals surface area contributed by atoms with Gasteiger partial charge in [0.15, 0.2) is 0 Å². The summed E-state index contributed by atoms with van der Waals surface area (Å²) in [6, 6.07) is 11.6. The van der Waals surface area contributed by atoms with Crippen molar-refractivity contribution in [1.82, 2.24) is 0 Å². The second-order valence-electron chi connectivity index (χ2n) is 5.25. The molecule has 0 fully saturated rings. The van der Waals surface area contributed by atoms with E-state index in [-0.39, 0.29) is 6.10 Å². The molecule has 21 heavy (non-hydrogen) atoms. The summed E-state index contributed by atoms with van der Waals surface area (Å²) in [4.78, 5) is 0.675. The zero-order valence-corrected chi connectivity index (χ0v) is 14.0. The van der Waals surface area contributed by atoms with Crippen LogP contribution in [-0.2, 0) is 17.2 Å². The molecule has 1 heterocycles. The van der Waals surface area contributed by atoms with Crippen molar-refractivity contribution in [2.24, 2.45) is 0 Å². The van der Waals surface area contributed by atoms with Crippen LogP contribution in [0.4, 0.5) is 5.69 Å². The molecule has 2 aromatic rings. The van der Waals surface area contributed by atoms with Gasteiger partial charge in [-0.2, -0.15) is 0 Å². The molecule has 2 aromatic carbocycles. The minimum atomic E-state index is -1.16. The summed E-state index contributed by atoms with van der Waals surface area (Å²) in [5, 5.41) is 0. The molecule has 2 atom stereocenters. The van der Waals surface area contributed by atoms with E-state index in [9.17, 15) is 4.21 Å². The maximum atomic E-state index is 12.5. The quantitative estimate of drug-likeness (QED) is 0.847. The van der Waals surface area contributed by atoms with E-state index in [0.29, 0.717) is 16.3 Å². The van der Waals surface area contributed by atoms with Crippen molar-refractivity contribution in [3.8, 4) is 5.75 Å². The highest BCUT2D eigenvalue weighted by Gasteiger charge is 2.25. The predicted molar refractivity (Wildman–Crippen MR) is 89.1 cm³/mol. The molecule has 0 aromatic heterocycles. The van der Waals surface area contributed by atoms with E-state index in [2.05, 4.69) is 28.9 Å². The van der Waals surface area contributed by atoms with Crippen LogP contribution in [0, 0.1) is 6.92 Å². The van der Waals surface area contributed by atoms with Gasteiger partial charge in [-0.25, -0.2) is 0 Å². The van der Waals surface area contributed by atoms with Crippen LogP contribution in [0.5, 0.6) is 5.75 Å². The van der Waals surface area contributed by atoms with Gasteiger partial charge in [-0.1, -0.05) is 33.6 Å². The fourth-order valence-corrected chi connectivity index (χ4v) is 4.15. The molecule has 0 amide bonds. The van der Waals surface area contributed by atoms with Crippen LogP contribution < -0.4 is 10.5 Å². The smallest absolute Gasteiger partial charge is 0.123 e. The Morgan fingerprint density at radius 2 is 2.14 bits per heavy atom. The zero-order valence-electron chi connectivity index (χ0n) is 11.6. The van der Waals surface area contributed by atoms with Gasteiger partial charge in [-0.15, -0.1) is 0 Å². The average Bonchev–Trinajstić information content (AvgIpc) is 2.79. The molecule has 0 saturated heterocycles. The van der Waals surface area contributed by atoms with Crippen molar-refractivity contribution in [3.05, 3.63) is 52.0 Å². The Morgan fingerprint density at radius 1 is 1.33 bits per heavy atom. The maximum Gasteiger partial charge on any atom is 0.123 e. The highest BCUT2D eigenvalue weighted by Crippen LogP contribution is 2.31. The van der Waals surface area contributed by atoms with Gasteiger partial charge in [0.25, 0.3) is 0 Å². The van der Waals surface area contributed by atoms with Gasteiger partial charge in [0.05, 0.1) is 21.4 Å². The van der Waals surface area contributed by atoms with E-state index in [4.69, 9.17) is 10.5 Å². The molecule has 0 radical (unpaired) electrons. The number of benzene rings is 2. The van der Waals surface area contributed by atoms with Gasteiger partial charge >= 0.3 is 0 Å². The first-order valence-electron chi connectivity index (χ1n) is 6.72. The molecule has 110 valence electrons. The Kier molecular flexibility index (Phi) is 4.04. The van der Waals surface area contributed by atoms with Crippen LogP contribution in [0.15, 0.2) is 45.8 Å². The third-order valence-corrected chi connectivity index (χ3v) is 5.54. The first kappa shape index (κ1) is 14.6. The van der Waals surface area contributed by atoms with Crippen LogP contribution in [0.25, 0.3) is 0 Å². The van der Waals surface area contributed by atoms with Crippen molar-refractivity contribution in [2.45, 2.75) is 24.3 Å². The van der Waals surface area contributed by atoms with Gasteiger partial charge in [-0.05, 0) is 36.8 Å². The van der Waals surface area contributed by atoms with E-state index in [1.54, 1.807) is 6.07 Å². The molecule has 2 unspecified atom stereocenters. The highest BCUT2D eigenvalue weighted by molar-refractivity contribution is 9.10. The number of nitrogens with two attached hydrogens (primary N) is 1. The minimum absolute atomic E-state index is 0.0503. The van der Waals surface area contributed by atoms with Crippen LogP contribution in [0.2, 0.25) is 0 Å². The van der Waals surface area contributed by atoms with E-state index in [1.807, 2.05) is 24.3 Å². The lowest BCUT2D eigenvalue weighted by atomic mass is 10.1. The molecule has 0 bridgehead atoms. The van der Waals surface area contributed by atoms with E-state index < -0.39 is 10.8 Å². The van der Waals surface area contributed by atoms with E-state index >= 15 is 0 Å². The minimum Gasteiger partial charge on any atom is -0.489 e. The molecular weight excluding hydrogens is 350 g/mol. The largest absolute Gasteiger partial charge is 0.489 e. The number of nitrogen functional groups attached to an aromatic ring is 1. The molecule has 0 saturated carbocycles. The Bertz CT molecular complexity index is 717. The number of halogens is 1. The van der Waals surface area contributed by atoms with Gasteiger partial charge in [-0.3, -0.25) is 4.21 Å². The predicted octanol–water partition coefficient (Wildman–Crippen LogP) is 3.45. The van der Waals surface area contributed by atoms with Gasteiger partial charge < -0.3 is 10.5 Å². The fraction of sp³-hybridized carbons (Fsp3) is 0.250. The SMILES string of the molecule is Cc1ccc2c(c1)CC(CS(=O)c1ccc(Br)cc1N)O2. The first-order valence-corrected chi connectivity index (χ1v) is 8.83. The number of hydrogen-bond acceptors (Lipinski definition) is 3. The number of fused-ring (bicyclic) bond motifs is 1. The molecule has 1 aliphatic heterocycles. The Labute approximate surface area is 135 Å². The van der Waals surface area contributed by atoms with Crippen molar-refractivity contribution >= 4 is 32.4 Å².